The van der Waals surface area contributed by atoms with Crippen molar-refractivity contribution in [2.45, 2.75) is 12.7 Å². The fourth-order valence-corrected chi connectivity index (χ4v) is 3.35. The third-order valence-corrected chi connectivity index (χ3v) is 4.91. The molecule has 3 rings (SSSR count). The number of nitrogens with one attached hydrogen (secondary N) is 3. The molecule has 0 aliphatic heterocycles. The summed E-state index contributed by atoms with van der Waals surface area (Å²) in [5.41, 5.74) is 3.42. The van der Waals surface area contributed by atoms with Crippen molar-refractivity contribution in [2.24, 2.45) is 0 Å². The Morgan fingerprint density at radius 1 is 1.19 bits per heavy atom. The lowest BCUT2D eigenvalue weighted by molar-refractivity contribution is 0.0954. The van der Waals surface area contributed by atoms with Gasteiger partial charge in [-0.1, -0.05) is 30.3 Å². The van der Waals surface area contributed by atoms with Crippen LogP contribution in [-0.4, -0.2) is 33.2 Å². The van der Waals surface area contributed by atoms with E-state index in [0.29, 0.717) is 12.2 Å². The van der Waals surface area contributed by atoms with Gasteiger partial charge in [-0.15, -0.1) is 0 Å². The van der Waals surface area contributed by atoms with Crippen LogP contribution in [0.25, 0.3) is 11.3 Å². The van der Waals surface area contributed by atoms with E-state index < -0.39 is 0 Å². The van der Waals surface area contributed by atoms with Gasteiger partial charge < -0.3 is 15.3 Å². The summed E-state index contributed by atoms with van der Waals surface area (Å²) < 4.78 is 0. The lowest BCUT2D eigenvalue weighted by Crippen LogP contribution is -2.31. The van der Waals surface area contributed by atoms with Crippen LogP contribution in [0.2, 0.25) is 0 Å². The molecular formula is C19H20N4O2S. The molecule has 1 aromatic carbocycles. The highest BCUT2D eigenvalue weighted by molar-refractivity contribution is 7.98. The first-order chi connectivity index (χ1) is 12.6. The number of benzene rings is 1. The van der Waals surface area contributed by atoms with Crippen LogP contribution in [0.3, 0.4) is 0 Å². The highest BCUT2D eigenvalue weighted by atomic mass is 32.2. The molecule has 0 aliphatic carbocycles. The Morgan fingerprint density at radius 2 is 2.00 bits per heavy atom. The number of carbonyl (C=O) groups is 1. The Balaban J connectivity index is 1.52. The predicted octanol–water partition coefficient (Wildman–Crippen LogP) is 2.74. The Bertz CT molecular complexity index is 934. The molecule has 3 aromatic rings. The molecule has 7 heteroatoms. The molecular weight excluding hydrogens is 348 g/mol. The topological polar surface area (TPSA) is 90.6 Å². The number of thioether (sulfide) groups is 1. The summed E-state index contributed by atoms with van der Waals surface area (Å²) in [5, 5.41) is 2.79. The molecule has 0 aliphatic rings. The molecule has 0 atom stereocenters. The van der Waals surface area contributed by atoms with Crippen molar-refractivity contribution in [3.05, 3.63) is 76.1 Å². The van der Waals surface area contributed by atoms with Gasteiger partial charge >= 0.3 is 0 Å². The van der Waals surface area contributed by atoms with E-state index in [1.54, 1.807) is 30.2 Å². The summed E-state index contributed by atoms with van der Waals surface area (Å²) in [5.74, 6) is 1.18. The number of aromatic amines is 2. The zero-order chi connectivity index (χ0) is 18.4. The number of imidazole rings is 1. The molecule has 0 unspecified atom stereocenters. The second-order valence-corrected chi connectivity index (χ2v) is 6.87. The van der Waals surface area contributed by atoms with E-state index in [1.165, 1.54) is 0 Å². The average Bonchev–Trinajstić information content (AvgIpc) is 3.07. The van der Waals surface area contributed by atoms with Crippen LogP contribution in [0.5, 0.6) is 0 Å². The predicted molar refractivity (Wildman–Crippen MR) is 104 cm³/mol. The van der Waals surface area contributed by atoms with Crippen molar-refractivity contribution in [3.8, 4) is 11.3 Å². The molecule has 26 heavy (non-hydrogen) atoms. The van der Waals surface area contributed by atoms with Gasteiger partial charge in [0, 0.05) is 29.4 Å². The number of aromatic nitrogens is 3. The van der Waals surface area contributed by atoms with Gasteiger partial charge in [0.15, 0.2) is 0 Å². The molecule has 0 saturated heterocycles. The molecule has 3 N–H and O–H groups in total. The summed E-state index contributed by atoms with van der Waals surface area (Å²) in [6.45, 7) is 2.48. The smallest absolute Gasteiger partial charge is 0.261 e. The minimum absolute atomic E-state index is 0.123. The zero-order valence-corrected chi connectivity index (χ0v) is 15.2. The number of nitrogens with zero attached hydrogens (tertiary/aromatic N) is 1. The van der Waals surface area contributed by atoms with Gasteiger partial charge in [-0.25, -0.2) is 4.98 Å². The van der Waals surface area contributed by atoms with Crippen molar-refractivity contribution in [2.75, 3.05) is 12.3 Å². The van der Waals surface area contributed by atoms with Crippen molar-refractivity contribution in [1.82, 2.24) is 20.3 Å². The van der Waals surface area contributed by atoms with Crippen molar-refractivity contribution in [3.63, 3.8) is 0 Å². The van der Waals surface area contributed by atoms with Gasteiger partial charge in [0.1, 0.15) is 5.56 Å². The van der Waals surface area contributed by atoms with Gasteiger partial charge in [0.05, 0.1) is 12.0 Å². The third-order valence-electron chi connectivity index (χ3n) is 3.94. The minimum atomic E-state index is -0.386. The van der Waals surface area contributed by atoms with Gasteiger partial charge in [-0.05, 0) is 24.6 Å². The van der Waals surface area contributed by atoms with E-state index in [1.807, 2.05) is 37.3 Å². The molecule has 0 radical (unpaired) electrons. The van der Waals surface area contributed by atoms with E-state index in [-0.39, 0.29) is 17.0 Å². The van der Waals surface area contributed by atoms with Crippen LogP contribution < -0.4 is 10.9 Å². The van der Waals surface area contributed by atoms with Gasteiger partial charge in [0.25, 0.3) is 11.5 Å². The van der Waals surface area contributed by atoms with Crippen LogP contribution in [-0.2, 0) is 5.75 Å². The monoisotopic (exact) mass is 368 g/mol. The lowest BCUT2D eigenvalue weighted by Gasteiger charge is -2.06. The fourth-order valence-electron chi connectivity index (χ4n) is 2.47. The summed E-state index contributed by atoms with van der Waals surface area (Å²) in [7, 11) is 0. The highest BCUT2D eigenvalue weighted by Crippen LogP contribution is 2.15. The third kappa shape index (κ3) is 4.43. The van der Waals surface area contributed by atoms with Gasteiger partial charge in [-0.2, -0.15) is 11.8 Å². The second-order valence-electron chi connectivity index (χ2n) is 5.76. The Hall–Kier alpha value is -2.80. The number of carbonyl (C=O) groups excluding carboxylic acids is 1. The number of H-pyrrole nitrogens is 2. The van der Waals surface area contributed by atoms with Crippen LogP contribution in [0.4, 0.5) is 0 Å². The van der Waals surface area contributed by atoms with E-state index in [0.717, 1.165) is 28.5 Å². The largest absolute Gasteiger partial charge is 0.351 e. The maximum absolute atomic E-state index is 12.2. The quantitative estimate of drug-likeness (QED) is 0.559. The van der Waals surface area contributed by atoms with Crippen LogP contribution in [0.1, 0.15) is 21.7 Å². The van der Waals surface area contributed by atoms with Crippen LogP contribution in [0.15, 0.2) is 53.6 Å². The highest BCUT2D eigenvalue weighted by Gasteiger charge is 2.11. The summed E-state index contributed by atoms with van der Waals surface area (Å²) in [6, 6.07) is 12.8. The van der Waals surface area contributed by atoms with Crippen LogP contribution in [0, 0.1) is 6.92 Å². The first-order valence-corrected chi connectivity index (χ1v) is 9.44. The first kappa shape index (κ1) is 18.0. The Labute approximate surface area is 155 Å². The van der Waals surface area contributed by atoms with E-state index in [9.17, 15) is 9.59 Å². The second kappa shape index (κ2) is 8.53. The molecule has 134 valence electrons. The SMILES string of the molecule is Cc1[nH]cnc1CSCCNC(=O)c1ccc(-c2ccccc2)[nH]c1=O. The lowest BCUT2D eigenvalue weighted by atomic mass is 10.1. The number of aryl methyl sites for hydroxylation is 1. The number of pyridine rings is 1. The normalized spacial score (nSPS) is 10.7. The molecule has 6 nitrogen and oxygen atoms in total. The number of amides is 1. The summed E-state index contributed by atoms with van der Waals surface area (Å²) >= 11 is 1.68. The molecule has 2 heterocycles. The first-order valence-electron chi connectivity index (χ1n) is 8.28. The van der Waals surface area contributed by atoms with E-state index >= 15 is 0 Å². The molecule has 0 saturated carbocycles. The molecule has 2 aromatic heterocycles. The fraction of sp³-hybridized carbons (Fsp3) is 0.211. The number of hydrogen-bond acceptors (Lipinski definition) is 4. The molecule has 0 spiro atoms. The Kier molecular flexibility index (Phi) is 5.91. The van der Waals surface area contributed by atoms with E-state index in [4.69, 9.17) is 0 Å². The number of hydrogen-bond donors (Lipinski definition) is 3. The van der Waals surface area contributed by atoms with Gasteiger partial charge in [-0.3, -0.25) is 9.59 Å². The van der Waals surface area contributed by atoms with Crippen LogP contribution >= 0.6 is 11.8 Å². The summed E-state index contributed by atoms with van der Waals surface area (Å²) in [4.78, 5) is 34.4. The zero-order valence-electron chi connectivity index (χ0n) is 14.4. The maximum atomic E-state index is 12.2. The van der Waals surface area contributed by atoms with Crippen molar-refractivity contribution < 1.29 is 4.79 Å². The molecule has 1 amide bonds. The Morgan fingerprint density at radius 3 is 2.69 bits per heavy atom. The molecule has 0 fully saturated rings. The van der Waals surface area contributed by atoms with E-state index in [2.05, 4.69) is 20.3 Å². The molecule has 0 bridgehead atoms. The van der Waals surface area contributed by atoms with Gasteiger partial charge in [0.2, 0.25) is 0 Å². The maximum Gasteiger partial charge on any atom is 0.261 e. The van der Waals surface area contributed by atoms with Crippen molar-refractivity contribution in [1.29, 1.82) is 0 Å². The minimum Gasteiger partial charge on any atom is -0.351 e. The summed E-state index contributed by atoms with van der Waals surface area (Å²) in [6.07, 6.45) is 1.68. The van der Waals surface area contributed by atoms with Crippen molar-refractivity contribution >= 4 is 17.7 Å². The average molecular weight is 368 g/mol. The number of rotatable bonds is 7. The standard InChI is InChI=1S/C19H20N4O2S/c1-13-17(22-12-21-13)11-26-10-9-20-18(24)15-7-8-16(23-19(15)25)14-5-3-2-4-6-14/h2-8,12H,9-11H2,1H3,(H,20,24)(H,21,22)(H,23,25).